The molecule has 0 bridgehead atoms. The number of fused-ring (bicyclic) bond motifs is 1. The third-order valence-corrected chi connectivity index (χ3v) is 7.45. The van der Waals surface area contributed by atoms with Crippen LogP contribution < -0.4 is 5.14 Å². The van der Waals surface area contributed by atoms with Gasteiger partial charge in [-0.05, 0) is 12.8 Å². The Morgan fingerprint density at radius 3 is 2.78 bits per heavy atom. The fourth-order valence-electron chi connectivity index (χ4n) is 4.74. The first-order valence-corrected chi connectivity index (χ1v) is 10.8. The van der Waals surface area contributed by atoms with Gasteiger partial charge in [0.05, 0.1) is 11.6 Å². The Morgan fingerprint density at radius 2 is 2.15 bits per heavy atom. The van der Waals surface area contributed by atoms with E-state index in [9.17, 15) is 8.42 Å². The van der Waals surface area contributed by atoms with Crippen molar-refractivity contribution in [1.82, 2.24) is 14.1 Å². The number of likely N-dealkylation sites (N-methyl/N-ethyl adjacent to an activating group) is 1. The van der Waals surface area contributed by atoms with Gasteiger partial charge < -0.3 is 14.5 Å². The Balaban J connectivity index is 1.37. The van der Waals surface area contributed by atoms with Gasteiger partial charge >= 0.3 is 0 Å². The highest BCUT2D eigenvalue weighted by atomic mass is 35.5. The molecule has 2 N–H and O–H groups in total. The Morgan fingerprint density at radius 1 is 1.44 bits per heavy atom. The van der Waals surface area contributed by atoms with E-state index >= 15 is 0 Å². The first kappa shape index (κ1) is 19.1. The molecule has 27 heavy (non-hydrogen) atoms. The third kappa shape index (κ3) is 3.27. The minimum atomic E-state index is -3.72. The number of amidine groups is 1. The lowest BCUT2D eigenvalue weighted by Crippen LogP contribution is -2.70. The van der Waals surface area contributed by atoms with Crippen LogP contribution in [0.5, 0.6) is 0 Å². The molecule has 0 radical (unpaired) electrons. The summed E-state index contributed by atoms with van der Waals surface area (Å²) in [4.78, 5) is 13.2. The molecule has 1 spiro atoms. The number of hydrogen-bond acceptors (Lipinski definition) is 7. The zero-order valence-electron chi connectivity index (χ0n) is 15.5. The van der Waals surface area contributed by atoms with Gasteiger partial charge in [-0.1, -0.05) is 11.6 Å². The van der Waals surface area contributed by atoms with Crippen molar-refractivity contribution >= 4 is 34.0 Å². The number of aliphatic imine (C=N–C) groups is 2. The van der Waals surface area contributed by atoms with Crippen molar-refractivity contribution < 1.29 is 13.2 Å². The molecule has 1 aliphatic carbocycles. The molecule has 2 unspecified atom stereocenters. The molecular weight excluding hydrogens is 392 g/mol. The third-order valence-electron chi connectivity index (χ3n) is 5.99. The Hall–Kier alpha value is -1.20. The zero-order chi connectivity index (χ0) is 19.4. The summed E-state index contributed by atoms with van der Waals surface area (Å²) in [6.45, 7) is 2.37. The lowest BCUT2D eigenvalue weighted by Gasteiger charge is -2.61. The molecule has 11 heteroatoms. The fourth-order valence-corrected chi connectivity index (χ4v) is 5.96. The van der Waals surface area contributed by atoms with E-state index in [1.165, 1.54) is 4.31 Å². The van der Waals surface area contributed by atoms with Gasteiger partial charge in [0.25, 0.3) is 10.2 Å². The van der Waals surface area contributed by atoms with E-state index in [0.717, 1.165) is 36.8 Å². The molecule has 4 rings (SSSR count). The van der Waals surface area contributed by atoms with Gasteiger partial charge in [0.2, 0.25) is 0 Å². The summed E-state index contributed by atoms with van der Waals surface area (Å²) < 4.78 is 30.1. The van der Waals surface area contributed by atoms with Crippen molar-refractivity contribution in [2.24, 2.45) is 20.5 Å². The van der Waals surface area contributed by atoms with Crippen LogP contribution in [-0.4, -0.2) is 93.2 Å². The van der Waals surface area contributed by atoms with E-state index < -0.39 is 10.2 Å². The minimum Gasteiger partial charge on any atom is -0.383 e. The molecule has 0 aromatic carbocycles. The number of ether oxygens (including phenoxy) is 1. The number of rotatable bonds is 5. The van der Waals surface area contributed by atoms with Crippen LogP contribution in [0, 0.1) is 5.41 Å². The van der Waals surface area contributed by atoms with Crippen molar-refractivity contribution in [2.75, 3.05) is 40.4 Å². The quantitative estimate of drug-likeness (QED) is 0.668. The topological polar surface area (TPSA) is 104 Å². The second kappa shape index (κ2) is 6.70. The molecule has 1 saturated heterocycles. The van der Waals surface area contributed by atoms with E-state index in [2.05, 4.69) is 19.8 Å². The summed E-state index contributed by atoms with van der Waals surface area (Å²) in [6.07, 6.45) is 5.12. The monoisotopic (exact) mass is 416 g/mol. The van der Waals surface area contributed by atoms with Crippen LogP contribution in [0.4, 0.5) is 0 Å². The molecule has 150 valence electrons. The summed E-state index contributed by atoms with van der Waals surface area (Å²) >= 11 is 6.29. The molecule has 0 aromatic heterocycles. The van der Waals surface area contributed by atoms with Crippen molar-refractivity contribution in [2.45, 2.75) is 31.0 Å². The maximum Gasteiger partial charge on any atom is 0.277 e. The molecular formula is C16H25ClN6O3S. The van der Waals surface area contributed by atoms with Gasteiger partial charge in [-0.25, -0.2) is 10.1 Å². The van der Waals surface area contributed by atoms with Gasteiger partial charge in [-0.3, -0.25) is 4.99 Å². The normalized spacial score (nSPS) is 29.5. The van der Waals surface area contributed by atoms with Crippen molar-refractivity contribution in [3.05, 3.63) is 11.2 Å². The van der Waals surface area contributed by atoms with Crippen LogP contribution in [0.2, 0.25) is 0 Å². The van der Waals surface area contributed by atoms with Crippen LogP contribution in [-0.2, 0) is 14.9 Å². The van der Waals surface area contributed by atoms with Crippen LogP contribution in [0.15, 0.2) is 21.2 Å². The predicted molar refractivity (Wildman–Crippen MR) is 104 cm³/mol. The van der Waals surface area contributed by atoms with E-state index in [0.29, 0.717) is 13.2 Å². The summed E-state index contributed by atoms with van der Waals surface area (Å²) in [6, 6.07) is -0.0923. The predicted octanol–water partition coefficient (Wildman–Crippen LogP) is -0.194. The highest BCUT2D eigenvalue weighted by molar-refractivity contribution is 7.86. The summed E-state index contributed by atoms with van der Waals surface area (Å²) in [5.74, 6) is 0.987. The zero-order valence-corrected chi connectivity index (χ0v) is 17.0. The number of halogens is 1. The number of nitrogens with two attached hydrogens (primary N) is 1. The van der Waals surface area contributed by atoms with E-state index in [4.69, 9.17) is 21.5 Å². The lowest BCUT2D eigenvalue weighted by molar-refractivity contribution is -0.0659. The van der Waals surface area contributed by atoms with E-state index in [1.54, 1.807) is 13.4 Å². The van der Waals surface area contributed by atoms with Crippen molar-refractivity contribution in [3.8, 4) is 0 Å². The largest absolute Gasteiger partial charge is 0.383 e. The fraction of sp³-hybridized carbons (Fsp3) is 0.750. The van der Waals surface area contributed by atoms with Crippen LogP contribution in [0.25, 0.3) is 0 Å². The SMILES string of the molecule is COCCN(C1CC2(C1)CN(C1=NC=NC3C(Cl)=CN(C)C13)C2)S(N)(=O)=O. The number of hydrogen-bond donors (Lipinski definition) is 1. The first-order chi connectivity index (χ1) is 12.7. The average molecular weight is 417 g/mol. The molecule has 0 aromatic rings. The van der Waals surface area contributed by atoms with Gasteiger partial charge in [-0.2, -0.15) is 12.7 Å². The molecule has 2 fully saturated rings. The summed E-state index contributed by atoms with van der Waals surface area (Å²) in [7, 11) is -0.185. The molecule has 1 saturated carbocycles. The molecule has 3 heterocycles. The highest BCUT2D eigenvalue weighted by Gasteiger charge is 2.57. The highest BCUT2D eigenvalue weighted by Crippen LogP contribution is 2.51. The minimum absolute atomic E-state index is 0.0401. The number of methoxy groups -OCH3 is 1. The average Bonchev–Trinajstić information content (AvgIpc) is 2.81. The van der Waals surface area contributed by atoms with E-state index in [1.807, 2.05) is 13.2 Å². The second-order valence-electron chi connectivity index (χ2n) is 7.89. The summed E-state index contributed by atoms with van der Waals surface area (Å²) in [5, 5.41) is 6.11. The smallest absolute Gasteiger partial charge is 0.277 e. The van der Waals surface area contributed by atoms with Crippen LogP contribution in [0.1, 0.15) is 12.8 Å². The number of nitrogens with zero attached hydrogens (tertiary/aromatic N) is 5. The molecule has 9 nitrogen and oxygen atoms in total. The molecule has 3 aliphatic heterocycles. The Kier molecular flexibility index (Phi) is 4.75. The van der Waals surface area contributed by atoms with E-state index in [-0.39, 0.29) is 23.5 Å². The summed E-state index contributed by atoms with van der Waals surface area (Å²) in [5.41, 5.74) is 0.141. The molecule has 4 aliphatic rings. The van der Waals surface area contributed by atoms with Crippen LogP contribution >= 0.6 is 11.6 Å². The van der Waals surface area contributed by atoms with Gasteiger partial charge in [0.1, 0.15) is 24.3 Å². The van der Waals surface area contributed by atoms with Gasteiger partial charge in [0.15, 0.2) is 0 Å². The maximum atomic E-state index is 11.9. The van der Waals surface area contributed by atoms with Gasteiger partial charge in [-0.15, -0.1) is 0 Å². The molecule has 0 amide bonds. The Labute approximate surface area is 164 Å². The van der Waals surface area contributed by atoms with Crippen molar-refractivity contribution in [3.63, 3.8) is 0 Å². The lowest BCUT2D eigenvalue weighted by atomic mass is 9.60. The standard InChI is InChI=1S/C16H25ClN6O3S/c1-21-7-12(17)13-14(21)15(20-10-19-13)22-8-16(9-22)5-11(6-16)23(3-4-26-2)27(18,24)25/h7,10-11,13-14H,3-6,8-9H2,1-2H3,(H2,18,24,25). The van der Waals surface area contributed by atoms with Gasteiger partial charge in [0, 0.05) is 51.4 Å². The number of likely N-dealkylation sites (tertiary alicyclic amines) is 1. The first-order valence-electron chi connectivity index (χ1n) is 8.96. The van der Waals surface area contributed by atoms with Crippen LogP contribution in [0.3, 0.4) is 0 Å². The second-order valence-corrected chi connectivity index (χ2v) is 9.82. The Bertz CT molecular complexity index is 799. The molecule has 2 atom stereocenters. The van der Waals surface area contributed by atoms with Crippen molar-refractivity contribution in [1.29, 1.82) is 0 Å². The maximum absolute atomic E-state index is 11.9.